The minimum atomic E-state index is -1.09. The van der Waals surface area contributed by atoms with Crippen LogP contribution in [0.2, 0.25) is 0 Å². The summed E-state index contributed by atoms with van der Waals surface area (Å²) in [6.07, 6.45) is 0. The van der Waals surface area contributed by atoms with Gasteiger partial charge in [-0.15, -0.1) is 0 Å². The van der Waals surface area contributed by atoms with Crippen molar-refractivity contribution in [2.24, 2.45) is 5.92 Å². The predicted octanol–water partition coefficient (Wildman–Crippen LogP) is 1.59. The zero-order valence-corrected chi connectivity index (χ0v) is 7.23. The summed E-state index contributed by atoms with van der Waals surface area (Å²) in [5.74, 6) is -2.41. The van der Waals surface area contributed by atoms with Gasteiger partial charge in [0.15, 0.2) is 5.78 Å². The molecule has 0 heterocycles. The zero-order chi connectivity index (χ0) is 9.84. The monoisotopic (exact) mass is 178 g/mol. The van der Waals surface area contributed by atoms with Crippen LogP contribution in [0.1, 0.15) is 17.3 Å². The van der Waals surface area contributed by atoms with Gasteiger partial charge >= 0.3 is 5.97 Å². The van der Waals surface area contributed by atoms with E-state index in [4.69, 9.17) is 5.11 Å². The van der Waals surface area contributed by atoms with Gasteiger partial charge in [0.2, 0.25) is 0 Å². The Morgan fingerprint density at radius 3 is 2.23 bits per heavy atom. The average Bonchev–Trinajstić information content (AvgIpc) is 2.17. The maximum absolute atomic E-state index is 11.4. The van der Waals surface area contributed by atoms with Crippen molar-refractivity contribution in [2.45, 2.75) is 6.92 Å². The molecule has 0 saturated heterocycles. The minimum absolute atomic E-state index is 0.354. The van der Waals surface area contributed by atoms with Crippen molar-refractivity contribution in [3.05, 3.63) is 35.9 Å². The molecule has 0 saturated carbocycles. The van der Waals surface area contributed by atoms with Gasteiger partial charge in [0, 0.05) is 5.56 Å². The highest BCUT2D eigenvalue weighted by molar-refractivity contribution is 6.07. The first kappa shape index (κ1) is 9.45. The van der Waals surface area contributed by atoms with Crippen LogP contribution < -0.4 is 0 Å². The fraction of sp³-hybridized carbons (Fsp3) is 0.200. The van der Waals surface area contributed by atoms with E-state index in [2.05, 4.69) is 0 Å². The molecular formula is C10H10O3. The third kappa shape index (κ3) is 2.15. The van der Waals surface area contributed by atoms with Crippen molar-refractivity contribution in [1.82, 2.24) is 0 Å². The first-order valence-electron chi connectivity index (χ1n) is 3.95. The number of hydrogen-bond donors (Lipinski definition) is 1. The Balaban J connectivity index is 2.86. The van der Waals surface area contributed by atoms with Crippen LogP contribution in [-0.2, 0) is 4.79 Å². The third-order valence-corrected chi connectivity index (χ3v) is 1.82. The second-order valence-electron chi connectivity index (χ2n) is 2.79. The van der Waals surface area contributed by atoms with E-state index in [0.717, 1.165) is 0 Å². The van der Waals surface area contributed by atoms with E-state index < -0.39 is 11.9 Å². The van der Waals surface area contributed by atoms with Crippen molar-refractivity contribution >= 4 is 11.8 Å². The molecule has 0 amide bonds. The second-order valence-corrected chi connectivity index (χ2v) is 2.79. The second kappa shape index (κ2) is 3.85. The van der Waals surface area contributed by atoms with E-state index in [1.165, 1.54) is 6.92 Å². The summed E-state index contributed by atoms with van der Waals surface area (Å²) in [6.45, 7) is 1.39. The molecule has 0 aliphatic carbocycles. The molecule has 13 heavy (non-hydrogen) atoms. The number of Topliss-reactive ketones (excluding diaryl/α,β-unsaturated/α-hetero) is 1. The Morgan fingerprint density at radius 2 is 1.77 bits per heavy atom. The number of aliphatic carboxylic acids is 1. The van der Waals surface area contributed by atoms with Crippen LogP contribution in [-0.4, -0.2) is 16.9 Å². The maximum Gasteiger partial charge on any atom is 0.314 e. The predicted molar refractivity (Wildman–Crippen MR) is 47.6 cm³/mol. The Hall–Kier alpha value is -1.64. The number of carbonyl (C=O) groups is 2. The van der Waals surface area contributed by atoms with Crippen LogP contribution in [0.25, 0.3) is 0 Å². The van der Waals surface area contributed by atoms with E-state index in [0.29, 0.717) is 5.56 Å². The molecule has 1 aromatic carbocycles. The van der Waals surface area contributed by atoms with Crippen molar-refractivity contribution in [2.75, 3.05) is 0 Å². The number of benzene rings is 1. The molecule has 0 spiro atoms. The quantitative estimate of drug-likeness (QED) is 0.564. The fourth-order valence-electron chi connectivity index (χ4n) is 0.965. The standard InChI is InChI=1S/C10H10O3/c1-7(10(12)13)9(11)8-5-3-2-4-6-8/h2-7H,1H3,(H,12,13). The lowest BCUT2D eigenvalue weighted by Gasteiger charge is -2.03. The fourth-order valence-corrected chi connectivity index (χ4v) is 0.965. The molecule has 1 rings (SSSR count). The summed E-state index contributed by atoms with van der Waals surface area (Å²) in [6, 6.07) is 8.43. The van der Waals surface area contributed by atoms with Crippen molar-refractivity contribution < 1.29 is 14.7 Å². The molecule has 0 fully saturated rings. The minimum Gasteiger partial charge on any atom is -0.481 e. The Kier molecular flexibility index (Phi) is 2.80. The highest BCUT2D eigenvalue weighted by Gasteiger charge is 2.21. The average molecular weight is 178 g/mol. The summed E-state index contributed by atoms with van der Waals surface area (Å²) in [5, 5.41) is 8.59. The van der Waals surface area contributed by atoms with Crippen molar-refractivity contribution in [3.63, 3.8) is 0 Å². The van der Waals surface area contributed by atoms with Crippen LogP contribution >= 0.6 is 0 Å². The normalized spacial score (nSPS) is 12.1. The molecule has 0 bridgehead atoms. The van der Waals surface area contributed by atoms with Gasteiger partial charge in [0.1, 0.15) is 5.92 Å². The van der Waals surface area contributed by atoms with E-state index in [9.17, 15) is 9.59 Å². The molecule has 1 N–H and O–H groups in total. The van der Waals surface area contributed by atoms with Gasteiger partial charge in [-0.1, -0.05) is 30.3 Å². The molecule has 1 atom stereocenters. The molecule has 3 heteroatoms. The van der Waals surface area contributed by atoms with Gasteiger partial charge in [-0.2, -0.15) is 0 Å². The lowest BCUT2D eigenvalue weighted by atomic mass is 10.00. The number of carbonyl (C=O) groups excluding carboxylic acids is 1. The van der Waals surface area contributed by atoms with Crippen LogP contribution in [0.4, 0.5) is 0 Å². The van der Waals surface area contributed by atoms with Gasteiger partial charge in [-0.05, 0) is 6.92 Å². The Bertz CT molecular complexity index is 316. The van der Waals surface area contributed by atoms with Gasteiger partial charge in [0.25, 0.3) is 0 Å². The molecule has 0 aliphatic rings. The van der Waals surface area contributed by atoms with E-state index >= 15 is 0 Å². The lowest BCUT2D eigenvalue weighted by molar-refractivity contribution is -0.139. The molecule has 3 nitrogen and oxygen atoms in total. The van der Waals surface area contributed by atoms with Gasteiger partial charge in [-0.25, -0.2) is 0 Å². The summed E-state index contributed by atoms with van der Waals surface area (Å²) in [4.78, 5) is 21.9. The van der Waals surface area contributed by atoms with E-state index in [1.807, 2.05) is 0 Å². The highest BCUT2D eigenvalue weighted by Crippen LogP contribution is 2.08. The summed E-state index contributed by atoms with van der Waals surface area (Å²) < 4.78 is 0. The smallest absolute Gasteiger partial charge is 0.314 e. The highest BCUT2D eigenvalue weighted by atomic mass is 16.4. The molecular weight excluding hydrogens is 168 g/mol. The lowest BCUT2D eigenvalue weighted by Crippen LogP contribution is -2.20. The number of carboxylic acid groups (broad SMARTS) is 1. The summed E-state index contributed by atoms with van der Waals surface area (Å²) in [5.41, 5.74) is 0.442. The number of rotatable bonds is 3. The molecule has 0 aliphatic heterocycles. The number of ketones is 1. The molecule has 0 aromatic heterocycles. The van der Waals surface area contributed by atoms with Crippen LogP contribution in [0.15, 0.2) is 30.3 Å². The van der Waals surface area contributed by atoms with Gasteiger partial charge in [0.05, 0.1) is 0 Å². The summed E-state index contributed by atoms with van der Waals surface area (Å²) in [7, 11) is 0. The molecule has 1 aromatic rings. The number of carboxylic acids is 1. The van der Waals surface area contributed by atoms with Crippen molar-refractivity contribution in [3.8, 4) is 0 Å². The Labute approximate surface area is 76.0 Å². The third-order valence-electron chi connectivity index (χ3n) is 1.82. The van der Waals surface area contributed by atoms with Crippen LogP contribution in [0.5, 0.6) is 0 Å². The largest absolute Gasteiger partial charge is 0.481 e. The Morgan fingerprint density at radius 1 is 1.23 bits per heavy atom. The maximum atomic E-state index is 11.4. The van der Waals surface area contributed by atoms with Gasteiger partial charge in [-0.3, -0.25) is 9.59 Å². The molecule has 1 unspecified atom stereocenters. The zero-order valence-electron chi connectivity index (χ0n) is 7.23. The molecule has 0 radical (unpaired) electrons. The first-order chi connectivity index (χ1) is 6.13. The topological polar surface area (TPSA) is 54.4 Å². The van der Waals surface area contributed by atoms with Crippen LogP contribution in [0.3, 0.4) is 0 Å². The first-order valence-corrected chi connectivity index (χ1v) is 3.95. The van der Waals surface area contributed by atoms with Crippen molar-refractivity contribution in [1.29, 1.82) is 0 Å². The van der Waals surface area contributed by atoms with E-state index in [-0.39, 0.29) is 5.78 Å². The van der Waals surface area contributed by atoms with Crippen LogP contribution in [0, 0.1) is 5.92 Å². The van der Waals surface area contributed by atoms with Gasteiger partial charge < -0.3 is 5.11 Å². The SMILES string of the molecule is CC(C(=O)O)C(=O)c1ccccc1. The number of hydrogen-bond acceptors (Lipinski definition) is 2. The summed E-state index contributed by atoms with van der Waals surface area (Å²) >= 11 is 0. The molecule has 68 valence electrons. The van der Waals surface area contributed by atoms with E-state index in [1.54, 1.807) is 30.3 Å².